The SMILES string of the molecule is CC/C=C\C/C=C\C/C=C\C/C=C\CCCCC(=O)O[C@@H](COC(=O)CCCCCC/C=C\C/C=C\C/C=C\CCCCC)COC(=O)CCCCCCCCCCCCCCCC. The van der Waals surface area contributed by atoms with E-state index in [-0.39, 0.29) is 37.5 Å². The lowest BCUT2D eigenvalue weighted by Crippen LogP contribution is -2.30. The van der Waals surface area contributed by atoms with Crippen LogP contribution < -0.4 is 0 Å². The fourth-order valence-electron chi connectivity index (χ4n) is 7.15. The number of unbranched alkanes of at least 4 members (excludes halogenated alkanes) is 22. The van der Waals surface area contributed by atoms with E-state index in [9.17, 15) is 14.4 Å². The van der Waals surface area contributed by atoms with Crippen molar-refractivity contribution in [2.45, 2.75) is 252 Å². The van der Waals surface area contributed by atoms with Gasteiger partial charge in [0, 0.05) is 19.3 Å². The van der Waals surface area contributed by atoms with Crippen LogP contribution in [0.15, 0.2) is 85.1 Å². The molecule has 6 heteroatoms. The summed E-state index contributed by atoms with van der Waals surface area (Å²) < 4.78 is 16.8. The molecule has 0 spiro atoms. The van der Waals surface area contributed by atoms with E-state index in [2.05, 4.69) is 106 Å². The average Bonchev–Trinajstić information content (AvgIpc) is 3.29. The van der Waals surface area contributed by atoms with Crippen molar-refractivity contribution >= 4 is 17.9 Å². The third-order valence-corrected chi connectivity index (χ3v) is 11.1. The van der Waals surface area contributed by atoms with Gasteiger partial charge in [0.25, 0.3) is 0 Å². The van der Waals surface area contributed by atoms with Crippen LogP contribution in [0, 0.1) is 0 Å². The number of carbonyl (C=O) groups excluding carboxylic acids is 3. The first-order valence-electron chi connectivity index (χ1n) is 26.6. The molecule has 0 heterocycles. The van der Waals surface area contributed by atoms with Gasteiger partial charge in [0.1, 0.15) is 13.2 Å². The molecule has 0 unspecified atom stereocenters. The maximum atomic E-state index is 12.8. The molecule has 0 saturated heterocycles. The smallest absolute Gasteiger partial charge is 0.306 e. The highest BCUT2D eigenvalue weighted by Gasteiger charge is 2.19. The Morgan fingerprint density at radius 3 is 1.02 bits per heavy atom. The maximum absolute atomic E-state index is 12.8. The van der Waals surface area contributed by atoms with Crippen molar-refractivity contribution in [3.05, 3.63) is 85.1 Å². The first kappa shape index (κ1) is 60.6. The van der Waals surface area contributed by atoms with Gasteiger partial charge < -0.3 is 14.2 Å². The van der Waals surface area contributed by atoms with E-state index in [0.29, 0.717) is 19.3 Å². The monoisotopic (exact) mass is 891 g/mol. The van der Waals surface area contributed by atoms with Crippen molar-refractivity contribution in [3.8, 4) is 0 Å². The van der Waals surface area contributed by atoms with Crippen LogP contribution in [-0.4, -0.2) is 37.2 Å². The molecule has 0 aliphatic rings. The van der Waals surface area contributed by atoms with Crippen LogP contribution in [0.1, 0.15) is 245 Å². The second kappa shape index (κ2) is 52.2. The third-order valence-electron chi connectivity index (χ3n) is 11.1. The van der Waals surface area contributed by atoms with E-state index in [4.69, 9.17) is 14.2 Å². The van der Waals surface area contributed by atoms with E-state index in [1.807, 2.05) is 0 Å². The summed E-state index contributed by atoms with van der Waals surface area (Å²) in [5.41, 5.74) is 0. The molecule has 0 aliphatic carbocycles. The fourth-order valence-corrected chi connectivity index (χ4v) is 7.15. The molecule has 0 bridgehead atoms. The molecule has 6 nitrogen and oxygen atoms in total. The molecule has 0 aromatic heterocycles. The van der Waals surface area contributed by atoms with E-state index in [1.54, 1.807) is 0 Å². The van der Waals surface area contributed by atoms with Crippen molar-refractivity contribution in [2.75, 3.05) is 13.2 Å². The maximum Gasteiger partial charge on any atom is 0.306 e. The van der Waals surface area contributed by atoms with Crippen molar-refractivity contribution < 1.29 is 28.6 Å². The molecule has 0 rings (SSSR count). The Morgan fingerprint density at radius 1 is 0.328 bits per heavy atom. The normalized spacial score (nSPS) is 12.7. The summed E-state index contributed by atoms with van der Waals surface area (Å²) in [5.74, 6) is -0.962. The van der Waals surface area contributed by atoms with Crippen LogP contribution in [0.5, 0.6) is 0 Å². The van der Waals surface area contributed by atoms with E-state index in [0.717, 1.165) is 103 Å². The van der Waals surface area contributed by atoms with Crippen molar-refractivity contribution in [3.63, 3.8) is 0 Å². The van der Waals surface area contributed by atoms with Gasteiger partial charge in [-0.05, 0) is 96.3 Å². The first-order valence-corrected chi connectivity index (χ1v) is 26.6. The van der Waals surface area contributed by atoms with Crippen molar-refractivity contribution in [2.24, 2.45) is 0 Å². The molecule has 0 fully saturated rings. The van der Waals surface area contributed by atoms with Crippen LogP contribution in [0.4, 0.5) is 0 Å². The quantitative estimate of drug-likeness (QED) is 0.0262. The summed E-state index contributed by atoms with van der Waals surface area (Å²) in [6.45, 7) is 6.44. The Hall–Kier alpha value is -3.41. The number of hydrogen-bond donors (Lipinski definition) is 0. The van der Waals surface area contributed by atoms with Gasteiger partial charge in [-0.1, -0.05) is 215 Å². The number of ether oxygens (including phenoxy) is 3. The zero-order valence-electron chi connectivity index (χ0n) is 41.8. The van der Waals surface area contributed by atoms with Crippen LogP contribution in [0.3, 0.4) is 0 Å². The zero-order chi connectivity index (χ0) is 46.5. The van der Waals surface area contributed by atoms with E-state index >= 15 is 0 Å². The highest BCUT2D eigenvalue weighted by molar-refractivity contribution is 5.71. The number of hydrogen-bond acceptors (Lipinski definition) is 6. The summed E-state index contributed by atoms with van der Waals surface area (Å²) in [7, 11) is 0. The highest BCUT2D eigenvalue weighted by Crippen LogP contribution is 2.15. The van der Waals surface area contributed by atoms with Gasteiger partial charge >= 0.3 is 17.9 Å². The van der Waals surface area contributed by atoms with Crippen LogP contribution in [0.2, 0.25) is 0 Å². The van der Waals surface area contributed by atoms with Gasteiger partial charge in [-0.15, -0.1) is 0 Å². The second-order valence-corrected chi connectivity index (χ2v) is 17.4. The Balaban J connectivity index is 4.49. The van der Waals surface area contributed by atoms with Gasteiger partial charge in [-0.3, -0.25) is 14.4 Å². The van der Waals surface area contributed by atoms with Gasteiger partial charge in [0.2, 0.25) is 0 Å². The molecule has 0 aliphatic heterocycles. The lowest BCUT2D eigenvalue weighted by molar-refractivity contribution is -0.167. The number of rotatable bonds is 47. The summed E-state index contributed by atoms with van der Waals surface area (Å²) in [6, 6.07) is 0. The standard InChI is InChI=1S/C58H98O6/c1-4-7-10-13-16-19-22-25-28-29-31-33-36-39-42-45-48-51-57(60)63-54-55(53-62-56(59)50-47-44-41-38-35-32-27-24-21-18-15-12-9-6-3)64-58(61)52-49-46-43-40-37-34-30-26-23-20-17-14-11-8-5-2/h8,11,16-17,19-20,25-26,28,30-31,33,37,40,55H,4-7,9-10,12-15,18,21-24,27,29,32,34-36,38-39,41-54H2,1-3H3/b11-8-,19-16-,20-17-,28-25-,30-26-,33-31-,40-37-/t55-/m1/s1. The molecule has 64 heavy (non-hydrogen) atoms. The van der Waals surface area contributed by atoms with Crippen LogP contribution in [0.25, 0.3) is 0 Å². The molecule has 0 radical (unpaired) electrons. The topological polar surface area (TPSA) is 78.9 Å². The number of esters is 3. The lowest BCUT2D eigenvalue weighted by atomic mass is 10.0. The molecule has 366 valence electrons. The van der Waals surface area contributed by atoms with E-state index in [1.165, 1.54) is 96.3 Å². The predicted molar refractivity (Wildman–Crippen MR) is 274 cm³/mol. The van der Waals surface area contributed by atoms with Crippen molar-refractivity contribution in [1.82, 2.24) is 0 Å². The molecule has 0 aromatic rings. The Labute approximate surface area is 395 Å². The number of carbonyl (C=O) groups is 3. The van der Waals surface area contributed by atoms with Gasteiger partial charge in [0.15, 0.2) is 6.10 Å². The summed E-state index contributed by atoms with van der Waals surface area (Å²) in [6.07, 6.45) is 67.1. The molecular weight excluding hydrogens is 793 g/mol. The van der Waals surface area contributed by atoms with Gasteiger partial charge in [-0.2, -0.15) is 0 Å². The van der Waals surface area contributed by atoms with Crippen LogP contribution in [-0.2, 0) is 28.6 Å². The minimum atomic E-state index is -0.806. The van der Waals surface area contributed by atoms with Crippen LogP contribution >= 0.6 is 0 Å². The largest absolute Gasteiger partial charge is 0.462 e. The highest BCUT2D eigenvalue weighted by atomic mass is 16.6. The van der Waals surface area contributed by atoms with Gasteiger partial charge in [-0.25, -0.2) is 0 Å². The van der Waals surface area contributed by atoms with Gasteiger partial charge in [0.05, 0.1) is 0 Å². The number of allylic oxidation sites excluding steroid dienone is 14. The summed E-state index contributed by atoms with van der Waals surface area (Å²) >= 11 is 0. The Morgan fingerprint density at radius 2 is 0.609 bits per heavy atom. The average molecular weight is 891 g/mol. The molecule has 0 saturated carbocycles. The first-order chi connectivity index (χ1) is 31.5. The minimum Gasteiger partial charge on any atom is -0.462 e. The molecule has 0 amide bonds. The molecule has 1 atom stereocenters. The fraction of sp³-hybridized carbons (Fsp3) is 0.707. The Bertz CT molecular complexity index is 1250. The summed E-state index contributed by atoms with van der Waals surface area (Å²) in [5, 5.41) is 0. The predicted octanol–water partition coefficient (Wildman–Crippen LogP) is 17.6. The molecular formula is C58H98O6. The lowest BCUT2D eigenvalue weighted by Gasteiger charge is -2.18. The second-order valence-electron chi connectivity index (χ2n) is 17.4. The molecule has 0 N–H and O–H groups in total. The Kier molecular flexibility index (Phi) is 49.4. The summed E-state index contributed by atoms with van der Waals surface area (Å²) in [4.78, 5) is 38.0. The zero-order valence-corrected chi connectivity index (χ0v) is 41.8. The molecule has 0 aromatic carbocycles. The minimum absolute atomic E-state index is 0.0993. The third kappa shape index (κ3) is 49.6. The van der Waals surface area contributed by atoms with E-state index < -0.39 is 6.10 Å². The van der Waals surface area contributed by atoms with Crippen molar-refractivity contribution in [1.29, 1.82) is 0 Å².